The van der Waals surface area contributed by atoms with Crippen molar-refractivity contribution in [2.45, 2.75) is 13.8 Å². The lowest BCUT2D eigenvalue weighted by Crippen LogP contribution is -2.20. The van der Waals surface area contributed by atoms with Gasteiger partial charge in [-0.15, -0.1) is 0 Å². The van der Waals surface area contributed by atoms with E-state index in [4.69, 9.17) is 0 Å². The third-order valence-electron chi connectivity index (χ3n) is 12.5. The van der Waals surface area contributed by atoms with Gasteiger partial charge in [-0.3, -0.25) is 9.59 Å². The lowest BCUT2D eigenvalue weighted by atomic mass is 10.4. The number of carbonyl (C=O) groups is 2. The standard InChI is InChI=1S/4C18H15P.C4H6O3/c4*1-4-10-16(11-5-1)19(17-12-6-2-7-13-17)18-14-8-3-9-15-18;1-3(5)7-4(2)6/h4*1-15H;1-2H3. The molecule has 12 aromatic carbocycles. The topological polar surface area (TPSA) is 43.4 Å². The minimum atomic E-state index is -0.562. The summed E-state index contributed by atoms with van der Waals surface area (Å²) >= 11 is 0. The summed E-state index contributed by atoms with van der Waals surface area (Å²) in [4.78, 5) is 19.6. The van der Waals surface area contributed by atoms with Gasteiger partial charge in [0.2, 0.25) is 0 Å². The number of hydrogen-bond donors (Lipinski definition) is 0. The molecule has 83 heavy (non-hydrogen) atoms. The molecule has 0 aliphatic heterocycles. The van der Waals surface area contributed by atoms with E-state index in [2.05, 4.69) is 369 Å². The number of esters is 2. The van der Waals surface area contributed by atoms with Crippen LogP contribution in [0.15, 0.2) is 364 Å². The normalized spacial score (nSPS) is 10.3. The minimum Gasteiger partial charge on any atom is -0.394 e. The highest BCUT2D eigenvalue weighted by molar-refractivity contribution is 7.81. The van der Waals surface area contributed by atoms with Crippen molar-refractivity contribution >= 4 is 107 Å². The molecule has 0 unspecified atom stereocenters. The van der Waals surface area contributed by atoms with Crippen LogP contribution in [0, 0.1) is 0 Å². The molecule has 7 heteroatoms. The van der Waals surface area contributed by atoms with Crippen LogP contribution < -0.4 is 63.7 Å². The van der Waals surface area contributed by atoms with E-state index in [1.165, 1.54) is 77.5 Å². The van der Waals surface area contributed by atoms with Crippen LogP contribution in [0.25, 0.3) is 0 Å². The van der Waals surface area contributed by atoms with Crippen molar-refractivity contribution in [3.05, 3.63) is 364 Å². The molecule has 0 fully saturated rings. The van der Waals surface area contributed by atoms with Crippen molar-refractivity contribution in [3.63, 3.8) is 0 Å². The summed E-state index contributed by atoms with van der Waals surface area (Å²) in [5, 5.41) is 16.8. The van der Waals surface area contributed by atoms with Crippen LogP contribution in [0.5, 0.6) is 0 Å². The minimum absolute atomic E-state index is 0.446. The van der Waals surface area contributed by atoms with Gasteiger partial charge in [0.25, 0.3) is 0 Å². The number of carbonyl (C=O) groups excluding carboxylic acids is 2. The molecule has 0 aliphatic rings. The predicted octanol–water partition coefficient (Wildman–Crippen LogP) is 13.9. The summed E-state index contributed by atoms with van der Waals surface area (Å²) in [6.45, 7) is 2.36. The third-order valence-corrected chi connectivity index (χ3v) is 22.2. The Morgan fingerprint density at radius 3 is 0.325 bits per heavy atom. The Labute approximate surface area is 496 Å². The molecule has 0 aliphatic carbocycles. The molecule has 3 nitrogen and oxygen atoms in total. The Morgan fingerprint density at radius 1 is 0.181 bits per heavy atom. The number of rotatable bonds is 12. The molecule has 0 aromatic heterocycles. The fraction of sp³-hybridized carbons (Fsp3) is 0.0263. The molecular formula is C76H66O3P4. The van der Waals surface area contributed by atoms with Crippen molar-refractivity contribution in [1.82, 2.24) is 0 Å². The van der Waals surface area contributed by atoms with E-state index in [1.54, 1.807) is 0 Å². The summed E-state index contributed by atoms with van der Waals surface area (Å²) < 4.78 is 3.97. The molecule has 0 spiro atoms. The molecule has 0 atom stereocenters. The Bertz CT molecular complexity index is 2810. The predicted molar refractivity (Wildman–Crippen MR) is 363 cm³/mol. The zero-order valence-corrected chi connectivity index (χ0v) is 50.2. The van der Waals surface area contributed by atoms with Crippen LogP contribution in [0.4, 0.5) is 0 Å². The van der Waals surface area contributed by atoms with Gasteiger partial charge in [-0.05, 0) is 95.3 Å². The first-order valence-corrected chi connectivity index (χ1v) is 32.8. The van der Waals surface area contributed by atoms with Crippen molar-refractivity contribution in [3.8, 4) is 0 Å². The van der Waals surface area contributed by atoms with E-state index in [-0.39, 0.29) is 0 Å². The van der Waals surface area contributed by atoms with Crippen LogP contribution in [0.1, 0.15) is 13.8 Å². The summed E-state index contributed by atoms with van der Waals surface area (Å²) in [6.07, 6.45) is 0. The SMILES string of the molecule is CC(=O)OC(C)=O.c1ccc(P(c2ccccc2)c2ccccc2)cc1.c1ccc(P(c2ccccc2)c2ccccc2)cc1.c1ccc(P(c2ccccc2)c2ccccc2)cc1.c1ccc(P(c2ccccc2)c2ccccc2)cc1. The van der Waals surface area contributed by atoms with Crippen LogP contribution in [-0.2, 0) is 14.3 Å². The average molecular weight is 1150 g/mol. The molecule has 0 saturated carbocycles. The Morgan fingerprint density at radius 2 is 0.265 bits per heavy atom. The number of benzene rings is 12. The van der Waals surface area contributed by atoms with Crippen molar-refractivity contribution in [2.24, 2.45) is 0 Å². The van der Waals surface area contributed by atoms with Gasteiger partial charge in [-0.25, -0.2) is 0 Å². The van der Waals surface area contributed by atoms with Gasteiger partial charge in [-0.2, -0.15) is 0 Å². The maximum atomic E-state index is 9.81. The highest BCUT2D eigenvalue weighted by Gasteiger charge is 2.18. The Balaban J connectivity index is 0.000000139. The molecule has 0 heterocycles. The summed E-state index contributed by atoms with van der Waals surface area (Å²) in [7, 11) is -1.78. The van der Waals surface area contributed by atoms with Crippen LogP contribution in [-0.4, -0.2) is 11.9 Å². The quantitative estimate of drug-likeness (QED) is 0.0696. The smallest absolute Gasteiger partial charge is 0.310 e. The summed E-state index contributed by atoms with van der Waals surface area (Å²) in [6, 6.07) is 129. The number of ether oxygens (including phenoxy) is 1. The summed E-state index contributed by atoms with van der Waals surface area (Å²) in [5.41, 5.74) is 0. The summed E-state index contributed by atoms with van der Waals surface area (Å²) in [5.74, 6) is -1.12. The lowest BCUT2D eigenvalue weighted by molar-refractivity contribution is -0.156. The van der Waals surface area contributed by atoms with E-state index in [1.807, 2.05) is 0 Å². The number of hydrogen-bond acceptors (Lipinski definition) is 3. The van der Waals surface area contributed by atoms with E-state index in [0.717, 1.165) is 0 Å². The van der Waals surface area contributed by atoms with Gasteiger partial charge in [0, 0.05) is 13.8 Å². The maximum Gasteiger partial charge on any atom is 0.310 e. The van der Waals surface area contributed by atoms with Crippen LogP contribution in [0.3, 0.4) is 0 Å². The second-order valence-electron chi connectivity index (χ2n) is 18.5. The van der Waals surface area contributed by atoms with Gasteiger partial charge in [0.1, 0.15) is 0 Å². The molecular weight excluding hydrogens is 1080 g/mol. The maximum absolute atomic E-state index is 9.81. The zero-order chi connectivity index (χ0) is 57.5. The van der Waals surface area contributed by atoms with E-state index >= 15 is 0 Å². The third kappa shape index (κ3) is 19.3. The van der Waals surface area contributed by atoms with E-state index < -0.39 is 43.6 Å². The molecule has 0 N–H and O–H groups in total. The van der Waals surface area contributed by atoms with Gasteiger partial charge in [-0.1, -0.05) is 364 Å². The zero-order valence-electron chi connectivity index (χ0n) is 46.7. The fourth-order valence-electron chi connectivity index (χ4n) is 8.92. The average Bonchev–Trinajstić information content (AvgIpc) is 3.59. The molecule has 12 rings (SSSR count). The molecule has 0 amide bonds. The van der Waals surface area contributed by atoms with Crippen molar-refractivity contribution < 1.29 is 14.3 Å². The fourth-order valence-corrected chi connectivity index (χ4v) is 18.1. The van der Waals surface area contributed by atoms with Crippen LogP contribution in [0.2, 0.25) is 0 Å². The molecule has 0 saturated heterocycles. The largest absolute Gasteiger partial charge is 0.394 e. The van der Waals surface area contributed by atoms with E-state index in [9.17, 15) is 9.59 Å². The first-order valence-electron chi connectivity index (χ1n) is 27.4. The molecule has 0 bridgehead atoms. The second kappa shape index (κ2) is 34.1. The van der Waals surface area contributed by atoms with Gasteiger partial charge >= 0.3 is 11.9 Å². The van der Waals surface area contributed by atoms with Gasteiger partial charge in [0.05, 0.1) is 0 Å². The highest BCUT2D eigenvalue weighted by atomic mass is 31.1. The second-order valence-corrected chi connectivity index (χ2v) is 27.3. The van der Waals surface area contributed by atoms with Crippen LogP contribution >= 0.6 is 31.7 Å². The Hall–Kier alpha value is -8.50. The monoisotopic (exact) mass is 1150 g/mol. The lowest BCUT2D eigenvalue weighted by Gasteiger charge is -2.18. The first kappa shape index (κ1) is 60.6. The van der Waals surface area contributed by atoms with E-state index in [0.29, 0.717) is 0 Å². The van der Waals surface area contributed by atoms with Gasteiger partial charge < -0.3 is 4.74 Å². The first-order chi connectivity index (χ1) is 40.9. The molecule has 408 valence electrons. The Kier molecular flexibility index (Phi) is 24.9. The highest BCUT2D eigenvalue weighted by Crippen LogP contribution is 2.35. The molecule has 0 radical (unpaired) electrons. The van der Waals surface area contributed by atoms with Gasteiger partial charge in [0.15, 0.2) is 0 Å². The van der Waals surface area contributed by atoms with Crippen molar-refractivity contribution in [1.29, 1.82) is 0 Å². The molecule has 12 aromatic rings. The van der Waals surface area contributed by atoms with Crippen molar-refractivity contribution in [2.75, 3.05) is 0 Å².